The molecule has 0 N–H and O–H groups in total. The number of benzene rings is 1. The summed E-state index contributed by atoms with van der Waals surface area (Å²) >= 11 is 3.49. The van der Waals surface area contributed by atoms with Crippen molar-refractivity contribution in [2.24, 2.45) is 10.9 Å². The predicted octanol–water partition coefficient (Wildman–Crippen LogP) is 4.64. The number of rotatable bonds is 5. The van der Waals surface area contributed by atoms with Gasteiger partial charge in [0.25, 0.3) is 5.91 Å². The fourth-order valence-electron chi connectivity index (χ4n) is 3.36. The van der Waals surface area contributed by atoms with Crippen LogP contribution in [-0.2, 0) is 17.8 Å². The van der Waals surface area contributed by atoms with E-state index < -0.39 is 0 Å². The highest BCUT2D eigenvalue weighted by atomic mass is 32.2. The van der Waals surface area contributed by atoms with E-state index in [9.17, 15) is 4.79 Å². The van der Waals surface area contributed by atoms with Crippen molar-refractivity contribution in [3.8, 4) is 0 Å². The summed E-state index contributed by atoms with van der Waals surface area (Å²) in [6, 6.07) is 6.63. The van der Waals surface area contributed by atoms with E-state index in [2.05, 4.69) is 40.9 Å². The molecule has 0 radical (unpaired) electrons. The lowest BCUT2D eigenvalue weighted by molar-refractivity contribution is -0.122. The van der Waals surface area contributed by atoms with Gasteiger partial charge in [-0.3, -0.25) is 4.79 Å². The minimum absolute atomic E-state index is 0.0925. The lowest BCUT2D eigenvalue weighted by Crippen LogP contribution is -2.22. The minimum atomic E-state index is 0.0925. The van der Waals surface area contributed by atoms with Gasteiger partial charge in [-0.05, 0) is 43.2 Å². The molecule has 1 aliphatic carbocycles. The molecular weight excluding hydrogens is 336 g/mol. The standard InChI is InChI=1S/C19H26N2OS2/c1-3-14-9-10-16-17(13-14)24-19(21(16)11-12-23-2)20-18(22)15-7-5-4-6-8-15/h9-10,13,15H,3-8,11-12H2,1-2H3. The van der Waals surface area contributed by atoms with Crippen molar-refractivity contribution in [2.45, 2.75) is 52.0 Å². The van der Waals surface area contributed by atoms with E-state index >= 15 is 0 Å². The molecular formula is C19H26N2OS2. The molecule has 5 heteroatoms. The summed E-state index contributed by atoms with van der Waals surface area (Å²) in [7, 11) is 0. The van der Waals surface area contributed by atoms with Crippen molar-refractivity contribution in [1.29, 1.82) is 0 Å². The molecule has 1 amide bonds. The summed E-state index contributed by atoms with van der Waals surface area (Å²) in [6.07, 6.45) is 8.78. The molecule has 0 unspecified atom stereocenters. The summed E-state index contributed by atoms with van der Waals surface area (Å²) in [6.45, 7) is 3.08. The van der Waals surface area contributed by atoms with Crippen molar-refractivity contribution in [2.75, 3.05) is 12.0 Å². The minimum Gasteiger partial charge on any atom is -0.316 e. The Bertz CT molecular complexity index is 769. The van der Waals surface area contributed by atoms with Gasteiger partial charge in [0.15, 0.2) is 4.80 Å². The first-order valence-electron chi connectivity index (χ1n) is 8.92. The normalized spacial score (nSPS) is 16.8. The number of amides is 1. The van der Waals surface area contributed by atoms with Gasteiger partial charge < -0.3 is 4.57 Å². The third kappa shape index (κ3) is 3.94. The summed E-state index contributed by atoms with van der Waals surface area (Å²) in [5.74, 6) is 1.27. The van der Waals surface area contributed by atoms with Gasteiger partial charge in [-0.25, -0.2) is 0 Å². The fourth-order valence-corrected chi connectivity index (χ4v) is 4.85. The molecule has 1 aromatic heterocycles. The van der Waals surface area contributed by atoms with Gasteiger partial charge in [0.1, 0.15) is 0 Å². The van der Waals surface area contributed by atoms with Crippen molar-refractivity contribution in [1.82, 2.24) is 4.57 Å². The molecule has 3 nitrogen and oxygen atoms in total. The average Bonchev–Trinajstić information content (AvgIpc) is 2.96. The number of thiazole rings is 1. The molecule has 1 aliphatic rings. The molecule has 3 rings (SSSR count). The molecule has 1 saturated carbocycles. The Labute approximate surface area is 152 Å². The van der Waals surface area contributed by atoms with E-state index in [-0.39, 0.29) is 11.8 Å². The largest absolute Gasteiger partial charge is 0.316 e. The first-order valence-corrected chi connectivity index (χ1v) is 11.1. The zero-order chi connectivity index (χ0) is 16.9. The van der Waals surface area contributed by atoms with Crippen LogP contribution >= 0.6 is 23.1 Å². The topological polar surface area (TPSA) is 34.4 Å². The van der Waals surface area contributed by atoms with Crippen LogP contribution in [0, 0.1) is 5.92 Å². The van der Waals surface area contributed by atoms with E-state index in [1.807, 2.05) is 11.8 Å². The molecule has 0 aliphatic heterocycles. The smallest absolute Gasteiger partial charge is 0.251 e. The second kappa shape index (κ2) is 8.34. The quantitative estimate of drug-likeness (QED) is 0.777. The zero-order valence-corrected chi connectivity index (χ0v) is 16.2. The SMILES string of the molecule is CCc1ccc2c(c1)sc(=NC(=O)C1CCCCC1)n2CCSC. The molecule has 0 saturated heterocycles. The van der Waals surface area contributed by atoms with E-state index in [0.29, 0.717) is 0 Å². The number of carbonyl (C=O) groups is 1. The second-order valence-electron chi connectivity index (χ2n) is 6.47. The Kier molecular flexibility index (Phi) is 6.17. The maximum atomic E-state index is 12.6. The number of aromatic nitrogens is 1. The Morgan fingerprint density at radius 2 is 2.12 bits per heavy atom. The van der Waals surface area contributed by atoms with Gasteiger partial charge in [0, 0.05) is 18.2 Å². The van der Waals surface area contributed by atoms with Crippen LogP contribution in [0.4, 0.5) is 0 Å². The summed E-state index contributed by atoms with van der Waals surface area (Å²) in [5.41, 5.74) is 2.55. The van der Waals surface area contributed by atoms with Gasteiger partial charge in [0.05, 0.1) is 10.2 Å². The number of hydrogen-bond donors (Lipinski definition) is 0. The van der Waals surface area contributed by atoms with E-state index in [4.69, 9.17) is 0 Å². The third-order valence-electron chi connectivity index (χ3n) is 4.83. The Morgan fingerprint density at radius 3 is 2.83 bits per heavy atom. The summed E-state index contributed by atoms with van der Waals surface area (Å²) < 4.78 is 3.47. The predicted molar refractivity (Wildman–Crippen MR) is 105 cm³/mol. The molecule has 2 aromatic rings. The Morgan fingerprint density at radius 1 is 1.33 bits per heavy atom. The van der Waals surface area contributed by atoms with Crippen molar-refractivity contribution in [3.05, 3.63) is 28.6 Å². The van der Waals surface area contributed by atoms with Crippen LogP contribution in [0.1, 0.15) is 44.6 Å². The molecule has 0 bridgehead atoms. The highest BCUT2D eigenvalue weighted by Gasteiger charge is 2.21. The van der Waals surface area contributed by atoms with Crippen LogP contribution in [0.25, 0.3) is 10.2 Å². The number of thioether (sulfide) groups is 1. The van der Waals surface area contributed by atoms with E-state index in [0.717, 1.165) is 36.4 Å². The lowest BCUT2D eigenvalue weighted by atomic mass is 9.89. The molecule has 1 aromatic carbocycles. The van der Waals surface area contributed by atoms with Crippen molar-refractivity contribution >= 4 is 39.2 Å². The van der Waals surface area contributed by atoms with Gasteiger partial charge in [-0.1, -0.05) is 43.6 Å². The molecule has 1 fully saturated rings. The van der Waals surface area contributed by atoms with Crippen LogP contribution in [-0.4, -0.2) is 22.5 Å². The van der Waals surface area contributed by atoms with E-state index in [1.54, 1.807) is 11.3 Å². The average molecular weight is 363 g/mol. The second-order valence-corrected chi connectivity index (χ2v) is 8.46. The monoisotopic (exact) mass is 362 g/mol. The summed E-state index contributed by atoms with van der Waals surface area (Å²) in [4.78, 5) is 18.1. The number of aryl methyl sites for hydroxylation is 2. The third-order valence-corrected chi connectivity index (χ3v) is 6.47. The maximum absolute atomic E-state index is 12.6. The number of nitrogens with zero attached hydrogens (tertiary/aromatic N) is 2. The summed E-state index contributed by atoms with van der Waals surface area (Å²) in [5, 5.41) is 0. The molecule has 24 heavy (non-hydrogen) atoms. The van der Waals surface area contributed by atoms with Gasteiger partial charge in [-0.2, -0.15) is 16.8 Å². The highest BCUT2D eigenvalue weighted by molar-refractivity contribution is 7.98. The molecule has 0 atom stereocenters. The fraction of sp³-hybridized carbons (Fsp3) is 0.579. The first kappa shape index (κ1) is 17.7. The molecule has 1 heterocycles. The van der Waals surface area contributed by atoms with Crippen LogP contribution in [0.2, 0.25) is 0 Å². The zero-order valence-electron chi connectivity index (χ0n) is 14.6. The lowest BCUT2D eigenvalue weighted by Gasteiger charge is -2.17. The van der Waals surface area contributed by atoms with Gasteiger partial charge in [0.2, 0.25) is 0 Å². The Balaban J connectivity index is 2.00. The number of carbonyl (C=O) groups excluding carboxylic acids is 1. The van der Waals surface area contributed by atoms with Crippen molar-refractivity contribution in [3.63, 3.8) is 0 Å². The highest BCUT2D eigenvalue weighted by Crippen LogP contribution is 2.25. The van der Waals surface area contributed by atoms with Gasteiger partial charge >= 0.3 is 0 Å². The maximum Gasteiger partial charge on any atom is 0.251 e. The van der Waals surface area contributed by atoms with Gasteiger partial charge in [-0.15, -0.1) is 0 Å². The van der Waals surface area contributed by atoms with Crippen LogP contribution in [0.15, 0.2) is 23.2 Å². The van der Waals surface area contributed by atoms with E-state index in [1.165, 1.54) is 35.0 Å². The molecule has 0 spiro atoms. The van der Waals surface area contributed by atoms with Crippen LogP contribution in [0.5, 0.6) is 0 Å². The number of fused-ring (bicyclic) bond motifs is 1. The first-order chi connectivity index (χ1) is 11.7. The Hall–Kier alpha value is -1.07. The van der Waals surface area contributed by atoms with Crippen LogP contribution < -0.4 is 4.80 Å². The van der Waals surface area contributed by atoms with Crippen molar-refractivity contribution < 1.29 is 4.79 Å². The number of hydrogen-bond acceptors (Lipinski definition) is 3. The molecule has 130 valence electrons. The van der Waals surface area contributed by atoms with Crippen LogP contribution in [0.3, 0.4) is 0 Å².